The van der Waals surface area contributed by atoms with Gasteiger partial charge in [-0.2, -0.15) is 0 Å². The Morgan fingerprint density at radius 3 is 2.73 bits per heavy atom. The lowest BCUT2D eigenvalue weighted by molar-refractivity contribution is -0.129. The second kappa shape index (κ2) is 9.29. The number of aromatic nitrogens is 2. The van der Waals surface area contributed by atoms with Crippen molar-refractivity contribution in [3.63, 3.8) is 0 Å². The van der Waals surface area contributed by atoms with Crippen molar-refractivity contribution in [1.29, 1.82) is 0 Å². The van der Waals surface area contributed by atoms with Crippen LogP contribution in [0.2, 0.25) is 0 Å². The van der Waals surface area contributed by atoms with Gasteiger partial charge in [-0.1, -0.05) is 6.07 Å². The normalized spacial score (nSPS) is 15.1. The molecule has 2 heterocycles. The molecule has 0 radical (unpaired) electrons. The molecule has 1 N–H and O–H groups in total. The monoisotopic (exact) mass is 432 g/mol. The Labute approximate surface area is 182 Å². The van der Waals surface area contributed by atoms with E-state index in [1.54, 1.807) is 16.7 Å². The molecule has 1 aliphatic carbocycles. The van der Waals surface area contributed by atoms with Gasteiger partial charge in [-0.05, 0) is 58.1 Å². The molecular formula is C22H32N4O3S. The molecule has 0 aliphatic heterocycles. The van der Waals surface area contributed by atoms with Gasteiger partial charge in [-0.25, -0.2) is 9.78 Å². The van der Waals surface area contributed by atoms with Gasteiger partial charge in [0.15, 0.2) is 0 Å². The largest absolute Gasteiger partial charge is 0.444 e. The van der Waals surface area contributed by atoms with Crippen LogP contribution in [0.1, 0.15) is 44.9 Å². The van der Waals surface area contributed by atoms with Crippen LogP contribution in [0.3, 0.4) is 0 Å². The maximum atomic E-state index is 12.7. The number of thioether (sulfide) groups is 1. The summed E-state index contributed by atoms with van der Waals surface area (Å²) in [7, 11) is 1.83. The van der Waals surface area contributed by atoms with E-state index >= 15 is 0 Å². The molecule has 1 aliphatic rings. The van der Waals surface area contributed by atoms with Crippen LogP contribution in [0.5, 0.6) is 0 Å². The molecule has 1 saturated carbocycles. The number of aryl methyl sites for hydroxylation is 1. The molecule has 0 unspecified atom stereocenters. The number of rotatable bonds is 8. The Balaban J connectivity index is 1.48. The number of nitrogens with one attached hydrogen (secondary N) is 1. The van der Waals surface area contributed by atoms with E-state index in [0.29, 0.717) is 24.0 Å². The number of fused-ring (bicyclic) bond motifs is 1. The van der Waals surface area contributed by atoms with Crippen LogP contribution >= 0.6 is 11.8 Å². The van der Waals surface area contributed by atoms with Crippen molar-refractivity contribution < 1.29 is 14.3 Å². The van der Waals surface area contributed by atoms with Gasteiger partial charge in [-0.15, -0.1) is 11.8 Å². The summed E-state index contributed by atoms with van der Waals surface area (Å²) < 4.78 is 7.33. The maximum absolute atomic E-state index is 12.7. The van der Waals surface area contributed by atoms with Crippen molar-refractivity contribution in [2.75, 3.05) is 19.3 Å². The molecule has 1 fully saturated rings. The number of imidazole rings is 1. The topological polar surface area (TPSA) is 75.9 Å². The minimum Gasteiger partial charge on any atom is -0.444 e. The van der Waals surface area contributed by atoms with E-state index in [9.17, 15) is 9.59 Å². The van der Waals surface area contributed by atoms with Crippen LogP contribution in [0.15, 0.2) is 24.5 Å². The number of hydrogen-bond donors (Lipinski definition) is 1. The van der Waals surface area contributed by atoms with E-state index in [1.807, 2.05) is 56.7 Å². The number of carbonyl (C=O) groups excluding carboxylic acids is 2. The Morgan fingerprint density at radius 2 is 2.07 bits per heavy atom. The second-order valence-corrected chi connectivity index (χ2v) is 9.97. The van der Waals surface area contributed by atoms with Gasteiger partial charge in [0, 0.05) is 31.7 Å². The summed E-state index contributed by atoms with van der Waals surface area (Å²) in [4.78, 5) is 31.1. The number of carbonyl (C=O) groups is 2. The van der Waals surface area contributed by atoms with Crippen molar-refractivity contribution in [2.45, 2.75) is 57.9 Å². The molecular weight excluding hydrogens is 400 g/mol. The molecule has 0 aromatic carbocycles. The van der Waals surface area contributed by atoms with Crippen LogP contribution in [0, 0.1) is 12.8 Å². The summed E-state index contributed by atoms with van der Waals surface area (Å²) in [6, 6.07) is 4.05. The van der Waals surface area contributed by atoms with Gasteiger partial charge in [-0.3, -0.25) is 4.79 Å². The minimum atomic E-state index is -0.534. The lowest BCUT2D eigenvalue weighted by Crippen LogP contribution is -2.47. The van der Waals surface area contributed by atoms with E-state index in [4.69, 9.17) is 4.74 Å². The summed E-state index contributed by atoms with van der Waals surface area (Å²) in [5, 5.41) is 2.82. The molecule has 0 spiro atoms. The standard InChI is InChI=1S/C22H32N4O3S/c1-15-6-9-19-24-17(12-26(19)11-15)13-30-14-20(27)25(5)18(16-7-8-16)10-23-21(28)29-22(2,3)4/h6,9,11-12,16,18H,7-8,10,13-14H2,1-5H3,(H,23,28)/t18-/m0/s1. The first-order valence-electron chi connectivity index (χ1n) is 10.4. The van der Waals surface area contributed by atoms with Crippen LogP contribution < -0.4 is 5.32 Å². The first-order valence-corrected chi connectivity index (χ1v) is 11.5. The number of pyridine rings is 1. The Bertz CT molecular complexity index is 901. The number of amides is 2. The third-order valence-electron chi connectivity index (χ3n) is 5.04. The van der Waals surface area contributed by atoms with Crippen LogP contribution in [0.25, 0.3) is 5.65 Å². The van der Waals surface area contributed by atoms with Crippen LogP contribution in [-0.2, 0) is 15.3 Å². The summed E-state index contributed by atoms with van der Waals surface area (Å²) in [5.41, 5.74) is 2.53. The fourth-order valence-electron chi connectivity index (χ4n) is 3.36. The van der Waals surface area contributed by atoms with E-state index < -0.39 is 11.7 Å². The fraction of sp³-hybridized carbons (Fsp3) is 0.591. The molecule has 164 valence electrons. The van der Waals surface area contributed by atoms with Gasteiger partial charge >= 0.3 is 6.09 Å². The van der Waals surface area contributed by atoms with Crippen molar-refractivity contribution >= 4 is 29.4 Å². The Morgan fingerprint density at radius 1 is 1.33 bits per heavy atom. The summed E-state index contributed by atoms with van der Waals surface area (Å²) in [6.07, 6.45) is 5.80. The van der Waals surface area contributed by atoms with Gasteiger partial charge in [0.2, 0.25) is 5.91 Å². The number of nitrogens with zero attached hydrogens (tertiary/aromatic N) is 3. The van der Waals surface area contributed by atoms with Crippen molar-refractivity contribution in [3.8, 4) is 0 Å². The van der Waals surface area contributed by atoms with Crippen LogP contribution in [-0.4, -0.2) is 57.3 Å². The molecule has 0 bridgehead atoms. The minimum absolute atomic E-state index is 0.00351. The lowest BCUT2D eigenvalue weighted by Gasteiger charge is -2.29. The van der Waals surface area contributed by atoms with E-state index in [2.05, 4.69) is 17.2 Å². The van der Waals surface area contributed by atoms with E-state index in [-0.39, 0.29) is 11.9 Å². The third kappa shape index (κ3) is 6.39. The zero-order valence-electron chi connectivity index (χ0n) is 18.5. The molecule has 2 aromatic rings. The van der Waals surface area contributed by atoms with Crippen LogP contribution in [0.4, 0.5) is 4.79 Å². The quantitative estimate of drug-likeness (QED) is 0.689. The molecule has 30 heavy (non-hydrogen) atoms. The predicted molar refractivity (Wildman–Crippen MR) is 120 cm³/mol. The summed E-state index contributed by atoms with van der Waals surface area (Å²) in [5.74, 6) is 1.59. The SMILES string of the molecule is Cc1ccc2nc(CSCC(=O)N(C)[C@@H](CNC(=O)OC(C)(C)C)C3CC3)cn2c1. The average Bonchev–Trinajstić information content (AvgIpc) is 3.39. The highest BCUT2D eigenvalue weighted by Gasteiger charge is 2.36. The van der Waals surface area contributed by atoms with Gasteiger partial charge in [0.05, 0.1) is 17.5 Å². The molecule has 2 amide bonds. The number of ether oxygens (including phenoxy) is 1. The highest BCUT2D eigenvalue weighted by Crippen LogP contribution is 2.35. The van der Waals surface area contributed by atoms with E-state index in [0.717, 1.165) is 24.2 Å². The van der Waals surface area contributed by atoms with E-state index in [1.165, 1.54) is 5.56 Å². The third-order valence-corrected chi connectivity index (χ3v) is 5.99. The van der Waals surface area contributed by atoms with Gasteiger partial charge < -0.3 is 19.4 Å². The number of hydrogen-bond acceptors (Lipinski definition) is 5. The predicted octanol–water partition coefficient (Wildman–Crippen LogP) is 3.64. The molecule has 8 heteroatoms. The summed E-state index contributed by atoms with van der Waals surface area (Å²) >= 11 is 1.56. The Hall–Kier alpha value is -2.22. The number of alkyl carbamates (subject to hydrolysis) is 1. The fourth-order valence-corrected chi connectivity index (χ4v) is 4.19. The zero-order chi connectivity index (χ0) is 21.9. The molecule has 1 atom stereocenters. The average molecular weight is 433 g/mol. The first-order chi connectivity index (χ1) is 14.1. The first kappa shape index (κ1) is 22.5. The van der Waals surface area contributed by atoms with Crippen molar-refractivity contribution in [2.24, 2.45) is 5.92 Å². The highest BCUT2D eigenvalue weighted by atomic mass is 32.2. The Kier molecular flexibility index (Phi) is 6.95. The smallest absolute Gasteiger partial charge is 0.407 e. The maximum Gasteiger partial charge on any atom is 0.407 e. The summed E-state index contributed by atoms with van der Waals surface area (Å²) in [6.45, 7) is 7.97. The molecule has 0 saturated heterocycles. The highest BCUT2D eigenvalue weighted by molar-refractivity contribution is 7.99. The second-order valence-electron chi connectivity index (χ2n) is 8.99. The van der Waals surface area contributed by atoms with Crippen molar-refractivity contribution in [1.82, 2.24) is 19.6 Å². The zero-order valence-corrected chi connectivity index (χ0v) is 19.3. The molecule has 7 nitrogen and oxygen atoms in total. The van der Waals surface area contributed by atoms with Gasteiger partial charge in [0.1, 0.15) is 11.2 Å². The lowest BCUT2D eigenvalue weighted by atomic mass is 10.1. The van der Waals surface area contributed by atoms with Gasteiger partial charge in [0.25, 0.3) is 0 Å². The van der Waals surface area contributed by atoms with Crippen molar-refractivity contribution in [3.05, 3.63) is 35.8 Å². The molecule has 3 rings (SSSR count). The molecule has 2 aromatic heterocycles. The number of likely N-dealkylation sites (N-methyl/N-ethyl adjacent to an activating group) is 1.